The summed E-state index contributed by atoms with van der Waals surface area (Å²) in [4.78, 5) is 46.3. The van der Waals surface area contributed by atoms with Crippen LogP contribution in [0.25, 0.3) is 0 Å². The van der Waals surface area contributed by atoms with Crippen molar-refractivity contribution in [1.82, 2.24) is 15.2 Å². The van der Waals surface area contributed by atoms with Gasteiger partial charge in [0.1, 0.15) is 6.17 Å². The van der Waals surface area contributed by atoms with Crippen molar-refractivity contribution in [3.05, 3.63) is 95.3 Å². The average molecular weight is 441 g/mol. The number of aromatic nitrogens is 1. The van der Waals surface area contributed by atoms with E-state index in [1.54, 1.807) is 40.4 Å². The third-order valence-corrected chi connectivity index (χ3v) is 6.17. The Bertz CT molecular complexity index is 1210. The summed E-state index contributed by atoms with van der Waals surface area (Å²) in [7, 11) is 0. The second kappa shape index (κ2) is 8.86. The predicted molar refractivity (Wildman–Crippen MR) is 124 cm³/mol. The van der Waals surface area contributed by atoms with Crippen molar-refractivity contribution in [3.8, 4) is 0 Å². The molecule has 0 saturated carbocycles. The minimum atomic E-state index is -0.481. The quantitative estimate of drug-likeness (QED) is 0.611. The fourth-order valence-electron chi connectivity index (χ4n) is 4.59. The Labute approximate surface area is 192 Å². The van der Waals surface area contributed by atoms with Crippen LogP contribution in [0, 0.1) is 0 Å². The Hall–Kier alpha value is -4.00. The molecule has 2 aromatic carbocycles. The van der Waals surface area contributed by atoms with Gasteiger partial charge in [-0.1, -0.05) is 30.3 Å². The number of benzene rings is 2. The van der Waals surface area contributed by atoms with Crippen LogP contribution in [-0.4, -0.2) is 40.7 Å². The van der Waals surface area contributed by atoms with Crippen molar-refractivity contribution < 1.29 is 14.4 Å². The highest BCUT2D eigenvalue weighted by Crippen LogP contribution is 2.45. The minimum Gasteiger partial charge on any atom is -0.356 e. The van der Waals surface area contributed by atoms with E-state index in [4.69, 9.17) is 0 Å². The molecule has 1 unspecified atom stereocenters. The van der Waals surface area contributed by atoms with Crippen molar-refractivity contribution >= 4 is 23.4 Å². The SMILES string of the molecule is O=C(CCCN1C(=O)c2ccccc2N2C(=O)c3ccccc3C12)NCCc1ccncc1. The van der Waals surface area contributed by atoms with E-state index in [-0.39, 0.29) is 17.7 Å². The maximum Gasteiger partial charge on any atom is 0.260 e. The van der Waals surface area contributed by atoms with Crippen LogP contribution in [0.4, 0.5) is 5.69 Å². The zero-order valence-electron chi connectivity index (χ0n) is 18.1. The molecule has 3 aromatic rings. The van der Waals surface area contributed by atoms with Gasteiger partial charge in [-0.15, -0.1) is 0 Å². The maximum atomic E-state index is 13.4. The molecule has 0 aliphatic carbocycles. The number of carbonyl (C=O) groups is 3. The van der Waals surface area contributed by atoms with Crippen LogP contribution >= 0.6 is 0 Å². The molecule has 0 radical (unpaired) electrons. The zero-order valence-corrected chi connectivity index (χ0v) is 18.1. The molecule has 166 valence electrons. The molecule has 2 aliphatic rings. The van der Waals surface area contributed by atoms with Gasteiger partial charge in [0.2, 0.25) is 5.91 Å². The molecule has 1 atom stereocenters. The van der Waals surface area contributed by atoms with E-state index in [1.807, 2.05) is 42.5 Å². The average Bonchev–Trinajstić information content (AvgIpc) is 3.14. The summed E-state index contributed by atoms with van der Waals surface area (Å²) < 4.78 is 0. The molecule has 7 heteroatoms. The lowest BCUT2D eigenvalue weighted by molar-refractivity contribution is -0.121. The van der Waals surface area contributed by atoms with Crippen LogP contribution in [0.3, 0.4) is 0 Å². The summed E-state index contributed by atoms with van der Waals surface area (Å²) >= 11 is 0. The predicted octanol–water partition coefficient (Wildman–Crippen LogP) is 3.34. The lowest BCUT2D eigenvalue weighted by Gasteiger charge is -2.41. The van der Waals surface area contributed by atoms with Gasteiger partial charge in [0.15, 0.2) is 0 Å². The van der Waals surface area contributed by atoms with Gasteiger partial charge in [-0.05, 0) is 48.7 Å². The fourth-order valence-corrected chi connectivity index (χ4v) is 4.59. The minimum absolute atomic E-state index is 0.0475. The summed E-state index contributed by atoms with van der Waals surface area (Å²) in [5.41, 5.74) is 3.71. The molecule has 0 saturated heterocycles. The van der Waals surface area contributed by atoms with Gasteiger partial charge in [-0.3, -0.25) is 24.3 Å². The summed E-state index contributed by atoms with van der Waals surface area (Å²) in [6.45, 7) is 0.935. The van der Waals surface area contributed by atoms with Gasteiger partial charge in [-0.25, -0.2) is 0 Å². The number of fused-ring (bicyclic) bond motifs is 5. The van der Waals surface area contributed by atoms with Crippen LogP contribution in [0.15, 0.2) is 73.1 Å². The lowest BCUT2D eigenvalue weighted by Crippen LogP contribution is -2.48. The molecule has 5 rings (SSSR count). The highest BCUT2D eigenvalue weighted by molar-refractivity contribution is 6.16. The number of anilines is 1. The summed E-state index contributed by atoms with van der Waals surface area (Å²) in [6, 6.07) is 18.5. The van der Waals surface area contributed by atoms with E-state index in [1.165, 1.54) is 0 Å². The van der Waals surface area contributed by atoms with Gasteiger partial charge in [0.25, 0.3) is 11.8 Å². The van der Waals surface area contributed by atoms with Crippen LogP contribution in [0.2, 0.25) is 0 Å². The number of nitrogens with one attached hydrogen (secondary N) is 1. The molecule has 2 aliphatic heterocycles. The topological polar surface area (TPSA) is 82.6 Å². The van der Waals surface area contributed by atoms with Crippen molar-refractivity contribution in [2.24, 2.45) is 0 Å². The number of pyridine rings is 1. The summed E-state index contributed by atoms with van der Waals surface area (Å²) in [5, 5.41) is 2.94. The van der Waals surface area contributed by atoms with E-state index in [2.05, 4.69) is 10.3 Å². The highest BCUT2D eigenvalue weighted by Gasteiger charge is 2.47. The molecule has 3 amide bonds. The number of amides is 3. The third-order valence-electron chi connectivity index (χ3n) is 6.17. The smallest absolute Gasteiger partial charge is 0.260 e. The third kappa shape index (κ3) is 3.86. The number of hydrogen-bond acceptors (Lipinski definition) is 4. The standard InChI is InChI=1S/C26H24N4O3/c31-23(28-16-13-18-11-14-27-15-12-18)10-5-17-29-24-19-6-1-2-7-20(19)26(33)30(24)22-9-4-3-8-21(22)25(29)32/h1-4,6-9,11-12,14-15,24H,5,10,13,16-17H2,(H,28,31). The molecule has 33 heavy (non-hydrogen) atoms. The Morgan fingerprint density at radius 1 is 0.909 bits per heavy atom. The van der Waals surface area contributed by atoms with E-state index >= 15 is 0 Å². The normalized spacial score (nSPS) is 16.3. The zero-order chi connectivity index (χ0) is 22.8. The van der Waals surface area contributed by atoms with Crippen molar-refractivity contribution in [2.75, 3.05) is 18.0 Å². The molecular weight excluding hydrogens is 416 g/mol. The molecule has 0 fully saturated rings. The first kappa shape index (κ1) is 20.9. The van der Waals surface area contributed by atoms with Gasteiger partial charge < -0.3 is 10.2 Å². The van der Waals surface area contributed by atoms with Crippen LogP contribution in [0.1, 0.15) is 50.9 Å². The highest BCUT2D eigenvalue weighted by atomic mass is 16.2. The maximum absolute atomic E-state index is 13.4. The second-order valence-electron chi connectivity index (χ2n) is 8.21. The second-order valence-corrected chi connectivity index (χ2v) is 8.21. The first-order chi connectivity index (χ1) is 16.1. The van der Waals surface area contributed by atoms with Crippen molar-refractivity contribution in [3.63, 3.8) is 0 Å². The van der Waals surface area contributed by atoms with Gasteiger partial charge in [0.05, 0.1) is 11.3 Å². The first-order valence-corrected chi connectivity index (χ1v) is 11.1. The van der Waals surface area contributed by atoms with Crippen LogP contribution in [0.5, 0.6) is 0 Å². The number of carbonyl (C=O) groups excluding carboxylic acids is 3. The number of nitrogens with zero attached hydrogens (tertiary/aromatic N) is 3. The van der Waals surface area contributed by atoms with Gasteiger partial charge in [0, 0.05) is 43.0 Å². The molecule has 1 aromatic heterocycles. The Morgan fingerprint density at radius 2 is 1.64 bits per heavy atom. The molecule has 0 spiro atoms. The van der Waals surface area contributed by atoms with Crippen LogP contribution in [-0.2, 0) is 11.2 Å². The van der Waals surface area contributed by atoms with E-state index in [0.29, 0.717) is 42.7 Å². The van der Waals surface area contributed by atoms with Crippen molar-refractivity contribution in [1.29, 1.82) is 0 Å². The molecule has 7 nitrogen and oxygen atoms in total. The van der Waals surface area contributed by atoms with E-state index in [0.717, 1.165) is 17.5 Å². The Morgan fingerprint density at radius 3 is 2.45 bits per heavy atom. The molecule has 3 heterocycles. The van der Waals surface area contributed by atoms with Crippen LogP contribution < -0.4 is 10.2 Å². The molecule has 0 bridgehead atoms. The summed E-state index contributed by atoms with van der Waals surface area (Å²) in [5.74, 6) is -0.266. The molecular formula is C26H24N4O3. The van der Waals surface area contributed by atoms with E-state index < -0.39 is 6.17 Å². The number of para-hydroxylation sites is 1. The Balaban J connectivity index is 1.27. The Kier molecular flexibility index (Phi) is 5.60. The monoisotopic (exact) mass is 440 g/mol. The number of hydrogen-bond donors (Lipinski definition) is 1. The van der Waals surface area contributed by atoms with Gasteiger partial charge in [-0.2, -0.15) is 0 Å². The van der Waals surface area contributed by atoms with Crippen molar-refractivity contribution in [2.45, 2.75) is 25.4 Å². The van der Waals surface area contributed by atoms with Gasteiger partial charge >= 0.3 is 0 Å². The fraction of sp³-hybridized carbons (Fsp3) is 0.231. The largest absolute Gasteiger partial charge is 0.356 e. The number of rotatable bonds is 7. The molecule has 1 N–H and O–H groups in total. The van der Waals surface area contributed by atoms with E-state index in [9.17, 15) is 14.4 Å². The lowest BCUT2D eigenvalue weighted by atomic mass is 10.0. The first-order valence-electron chi connectivity index (χ1n) is 11.1. The summed E-state index contributed by atoms with van der Waals surface area (Å²) in [6.07, 6.45) is 4.55.